The maximum absolute atomic E-state index is 14.0. The molecule has 3 aromatic rings. The molecule has 0 aliphatic rings. The molecule has 1 N–H and O–H groups in total. The van der Waals surface area contributed by atoms with Gasteiger partial charge in [-0.1, -0.05) is 18.2 Å². The third-order valence-electron chi connectivity index (χ3n) is 2.98. The van der Waals surface area contributed by atoms with Crippen molar-refractivity contribution < 1.29 is 18.7 Å². The molecule has 0 spiro atoms. The van der Waals surface area contributed by atoms with Gasteiger partial charge in [-0.2, -0.15) is 0 Å². The van der Waals surface area contributed by atoms with Crippen molar-refractivity contribution in [2.24, 2.45) is 0 Å². The SMILES string of the molecule is COc1c(O)cc(F)c2c1oc(=O)c1ccccc12. The first-order valence-electron chi connectivity index (χ1n) is 5.54. The van der Waals surface area contributed by atoms with E-state index in [1.807, 2.05) is 0 Å². The second-order valence-corrected chi connectivity index (χ2v) is 4.05. The van der Waals surface area contributed by atoms with Gasteiger partial charge in [0.15, 0.2) is 11.3 Å². The van der Waals surface area contributed by atoms with Crippen LogP contribution in [0.4, 0.5) is 4.39 Å². The van der Waals surface area contributed by atoms with Gasteiger partial charge in [0, 0.05) is 11.5 Å². The van der Waals surface area contributed by atoms with E-state index < -0.39 is 17.2 Å². The largest absolute Gasteiger partial charge is 0.504 e. The summed E-state index contributed by atoms with van der Waals surface area (Å²) in [5, 5.41) is 10.4. The number of methoxy groups -OCH3 is 1. The number of fused-ring (bicyclic) bond motifs is 3. The highest BCUT2D eigenvalue weighted by molar-refractivity contribution is 6.06. The topological polar surface area (TPSA) is 59.7 Å². The van der Waals surface area contributed by atoms with E-state index in [-0.39, 0.29) is 22.1 Å². The van der Waals surface area contributed by atoms with Crippen molar-refractivity contribution in [3.05, 3.63) is 46.6 Å². The Morgan fingerprint density at radius 2 is 1.95 bits per heavy atom. The number of rotatable bonds is 1. The van der Waals surface area contributed by atoms with Crippen molar-refractivity contribution in [2.45, 2.75) is 0 Å². The zero-order valence-corrected chi connectivity index (χ0v) is 9.94. The molecule has 0 aliphatic carbocycles. The highest BCUT2D eigenvalue weighted by atomic mass is 19.1. The first-order chi connectivity index (χ1) is 9.13. The lowest BCUT2D eigenvalue weighted by molar-refractivity contribution is 0.367. The fraction of sp³-hybridized carbons (Fsp3) is 0.0714. The molecule has 96 valence electrons. The Bertz CT molecular complexity index is 851. The summed E-state index contributed by atoms with van der Waals surface area (Å²) in [5.41, 5.74) is -0.699. The van der Waals surface area contributed by atoms with Crippen LogP contribution in [0.5, 0.6) is 11.5 Å². The van der Waals surface area contributed by atoms with E-state index in [1.165, 1.54) is 7.11 Å². The van der Waals surface area contributed by atoms with Gasteiger partial charge in [-0.15, -0.1) is 0 Å². The van der Waals surface area contributed by atoms with E-state index in [0.717, 1.165) is 6.07 Å². The van der Waals surface area contributed by atoms with Crippen LogP contribution in [0.2, 0.25) is 0 Å². The van der Waals surface area contributed by atoms with E-state index in [0.29, 0.717) is 5.39 Å². The van der Waals surface area contributed by atoms with Gasteiger partial charge in [-0.05, 0) is 6.07 Å². The van der Waals surface area contributed by atoms with Crippen LogP contribution in [-0.4, -0.2) is 12.2 Å². The monoisotopic (exact) mass is 260 g/mol. The van der Waals surface area contributed by atoms with Crippen molar-refractivity contribution in [3.8, 4) is 11.5 Å². The molecule has 0 saturated carbocycles. The molecular formula is C14H9FO4. The lowest BCUT2D eigenvalue weighted by Gasteiger charge is -2.09. The minimum Gasteiger partial charge on any atom is -0.504 e. The first-order valence-corrected chi connectivity index (χ1v) is 5.54. The lowest BCUT2D eigenvalue weighted by Crippen LogP contribution is -2.01. The van der Waals surface area contributed by atoms with Crippen LogP contribution in [0, 0.1) is 5.82 Å². The van der Waals surface area contributed by atoms with Crippen molar-refractivity contribution in [1.29, 1.82) is 0 Å². The van der Waals surface area contributed by atoms with Crippen LogP contribution < -0.4 is 10.4 Å². The number of hydrogen-bond acceptors (Lipinski definition) is 4. The minimum absolute atomic E-state index is 0.0562. The molecule has 5 heteroatoms. The second kappa shape index (κ2) is 3.98. The Labute approximate surface area is 106 Å². The summed E-state index contributed by atoms with van der Waals surface area (Å²) >= 11 is 0. The molecule has 3 rings (SSSR count). The number of benzene rings is 2. The van der Waals surface area contributed by atoms with E-state index in [1.54, 1.807) is 24.3 Å². The molecule has 4 nitrogen and oxygen atoms in total. The molecule has 2 aromatic carbocycles. The van der Waals surface area contributed by atoms with Crippen LogP contribution in [0.25, 0.3) is 21.7 Å². The van der Waals surface area contributed by atoms with Crippen molar-refractivity contribution in [2.75, 3.05) is 7.11 Å². The van der Waals surface area contributed by atoms with Gasteiger partial charge >= 0.3 is 5.63 Å². The molecule has 19 heavy (non-hydrogen) atoms. The fourth-order valence-electron chi connectivity index (χ4n) is 2.17. The maximum atomic E-state index is 14.0. The Balaban J connectivity index is 2.68. The summed E-state index contributed by atoms with van der Waals surface area (Å²) in [6, 6.07) is 7.47. The summed E-state index contributed by atoms with van der Waals surface area (Å²) < 4.78 is 24.1. The van der Waals surface area contributed by atoms with E-state index in [4.69, 9.17) is 9.15 Å². The van der Waals surface area contributed by atoms with Crippen LogP contribution in [-0.2, 0) is 0 Å². The predicted octanol–water partition coefficient (Wildman–Crippen LogP) is 2.80. The lowest BCUT2D eigenvalue weighted by atomic mass is 10.1. The smallest absolute Gasteiger partial charge is 0.344 e. The second-order valence-electron chi connectivity index (χ2n) is 4.05. The highest BCUT2D eigenvalue weighted by Gasteiger charge is 2.18. The number of phenols is 1. The number of ether oxygens (including phenoxy) is 1. The normalized spacial score (nSPS) is 11.1. The van der Waals surface area contributed by atoms with Gasteiger partial charge in [0.05, 0.1) is 17.9 Å². The summed E-state index contributed by atoms with van der Waals surface area (Å²) in [7, 11) is 1.31. The Hall–Kier alpha value is -2.56. The summed E-state index contributed by atoms with van der Waals surface area (Å²) in [4.78, 5) is 11.9. The third kappa shape index (κ3) is 1.55. The molecule has 0 bridgehead atoms. The Morgan fingerprint density at radius 3 is 2.63 bits per heavy atom. The Morgan fingerprint density at radius 1 is 1.26 bits per heavy atom. The van der Waals surface area contributed by atoms with Gasteiger partial charge < -0.3 is 14.3 Å². The first kappa shape index (κ1) is 11.5. The Kier molecular flexibility index (Phi) is 2.41. The number of aromatic hydroxyl groups is 1. The fourth-order valence-corrected chi connectivity index (χ4v) is 2.17. The summed E-state index contributed by atoms with van der Waals surface area (Å²) in [6.45, 7) is 0. The van der Waals surface area contributed by atoms with Gasteiger partial charge in [-0.25, -0.2) is 9.18 Å². The van der Waals surface area contributed by atoms with Crippen molar-refractivity contribution >= 4 is 21.7 Å². The van der Waals surface area contributed by atoms with Crippen molar-refractivity contribution in [3.63, 3.8) is 0 Å². The van der Waals surface area contributed by atoms with Gasteiger partial charge in [0.25, 0.3) is 0 Å². The maximum Gasteiger partial charge on any atom is 0.344 e. The molecule has 0 fully saturated rings. The molecule has 0 atom stereocenters. The minimum atomic E-state index is -0.673. The van der Waals surface area contributed by atoms with Crippen LogP contribution in [0.15, 0.2) is 39.5 Å². The number of phenolic OH excluding ortho intramolecular Hbond substituents is 1. The molecule has 0 aliphatic heterocycles. The van der Waals surface area contributed by atoms with Gasteiger partial charge in [0.1, 0.15) is 5.82 Å². The quantitative estimate of drug-likeness (QED) is 0.540. The summed E-state index contributed by atoms with van der Waals surface area (Å²) in [6.07, 6.45) is 0. The van der Waals surface area contributed by atoms with Gasteiger partial charge in [-0.3, -0.25) is 0 Å². The standard InChI is InChI=1S/C14H9FO4/c1-18-12-10(16)6-9(15)11-7-4-2-3-5-8(7)14(17)19-13(11)12/h2-6,16H,1H3. The number of hydrogen-bond donors (Lipinski definition) is 1. The van der Waals surface area contributed by atoms with Crippen LogP contribution in [0.1, 0.15) is 0 Å². The number of halogens is 1. The average Bonchev–Trinajstić information content (AvgIpc) is 2.39. The molecular weight excluding hydrogens is 251 g/mol. The van der Waals surface area contributed by atoms with Crippen LogP contribution in [0.3, 0.4) is 0 Å². The van der Waals surface area contributed by atoms with Crippen molar-refractivity contribution in [1.82, 2.24) is 0 Å². The zero-order chi connectivity index (χ0) is 13.6. The van der Waals surface area contributed by atoms with Gasteiger partial charge in [0.2, 0.25) is 5.75 Å². The molecule has 1 aromatic heterocycles. The predicted molar refractivity (Wildman–Crippen MR) is 68.2 cm³/mol. The zero-order valence-electron chi connectivity index (χ0n) is 9.94. The van der Waals surface area contributed by atoms with E-state index in [2.05, 4.69) is 0 Å². The molecule has 0 unspecified atom stereocenters. The van der Waals surface area contributed by atoms with Crippen LogP contribution >= 0.6 is 0 Å². The van der Waals surface area contributed by atoms with E-state index in [9.17, 15) is 14.3 Å². The van der Waals surface area contributed by atoms with E-state index >= 15 is 0 Å². The highest BCUT2D eigenvalue weighted by Crippen LogP contribution is 2.38. The molecule has 0 amide bonds. The third-order valence-corrected chi connectivity index (χ3v) is 2.98. The molecule has 0 saturated heterocycles. The molecule has 0 radical (unpaired) electrons. The molecule has 1 heterocycles. The summed E-state index contributed by atoms with van der Waals surface area (Å²) in [5.74, 6) is -1.14. The average molecular weight is 260 g/mol.